The van der Waals surface area contributed by atoms with Crippen LogP contribution in [0.25, 0.3) is 6.08 Å². The van der Waals surface area contributed by atoms with Crippen LogP contribution in [0.1, 0.15) is 12.5 Å². The molecule has 4 nitrogen and oxygen atoms in total. The Morgan fingerprint density at radius 1 is 1.42 bits per heavy atom. The number of thioether (sulfide) groups is 1. The SMILES string of the molecule is CC1Oc2ccccc2C=C1C=C1SC(N)=NC1=O. The van der Waals surface area contributed by atoms with Crippen molar-refractivity contribution < 1.29 is 9.53 Å². The summed E-state index contributed by atoms with van der Waals surface area (Å²) in [4.78, 5) is 15.8. The van der Waals surface area contributed by atoms with E-state index in [1.165, 1.54) is 11.8 Å². The average Bonchev–Trinajstić information content (AvgIpc) is 2.69. The number of hydrogen-bond donors (Lipinski definition) is 1. The van der Waals surface area contributed by atoms with Gasteiger partial charge in [0.2, 0.25) is 0 Å². The van der Waals surface area contributed by atoms with Crippen LogP contribution in [0.3, 0.4) is 0 Å². The molecule has 19 heavy (non-hydrogen) atoms. The lowest BCUT2D eigenvalue weighted by molar-refractivity contribution is -0.113. The number of rotatable bonds is 1. The number of carbonyl (C=O) groups is 1. The maximum absolute atomic E-state index is 11.6. The molecule has 0 fully saturated rings. The molecule has 0 aromatic heterocycles. The van der Waals surface area contributed by atoms with Crippen LogP contribution in [0, 0.1) is 0 Å². The Balaban J connectivity index is 1.96. The summed E-state index contributed by atoms with van der Waals surface area (Å²) in [6.07, 6.45) is 3.73. The predicted molar refractivity (Wildman–Crippen MR) is 76.8 cm³/mol. The zero-order valence-corrected chi connectivity index (χ0v) is 11.1. The first-order valence-electron chi connectivity index (χ1n) is 5.89. The molecule has 2 N–H and O–H groups in total. The summed E-state index contributed by atoms with van der Waals surface area (Å²) in [7, 11) is 0. The topological polar surface area (TPSA) is 64.7 Å². The molecule has 0 saturated carbocycles. The third kappa shape index (κ3) is 2.29. The van der Waals surface area contributed by atoms with E-state index >= 15 is 0 Å². The Morgan fingerprint density at radius 2 is 2.21 bits per heavy atom. The minimum absolute atomic E-state index is 0.0994. The van der Waals surface area contributed by atoms with Crippen molar-refractivity contribution in [3.63, 3.8) is 0 Å². The van der Waals surface area contributed by atoms with Crippen molar-refractivity contribution in [3.05, 3.63) is 46.4 Å². The maximum Gasteiger partial charge on any atom is 0.286 e. The Bertz CT molecular complexity index is 647. The van der Waals surface area contributed by atoms with Crippen LogP contribution in [0.15, 0.2) is 45.8 Å². The first kappa shape index (κ1) is 12.0. The molecule has 2 heterocycles. The summed E-state index contributed by atoms with van der Waals surface area (Å²) in [5.74, 6) is 0.577. The predicted octanol–water partition coefficient (Wildman–Crippen LogP) is 2.32. The molecular weight excluding hydrogens is 260 g/mol. The van der Waals surface area contributed by atoms with Crippen molar-refractivity contribution in [2.24, 2.45) is 10.7 Å². The summed E-state index contributed by atoms with van der Waals surface area (Å²) in [6.45, 7) is 1.95. The van der Waals surface area contributed by atoms with Gasteiger partial charge in [0.05, 0.1) is 4.91 Å². The second kappa shape index (κ2) is 4.59. The molecule has 3 rings (SSSR count). The van der Waals surface area contributed by atoms with Gasteiger partial charge in [0.25, 0.3) is 5.91 Å². The number of amidine groups is 1. The van der Waals surface area contributed by atoms with E-state index in [1.807, 2.05) is 37.3 Å². The van der Waals surface area contributed by atoms with Crippen LogP contribution in [0.4, 0.5) is 0 Å². The molecule has 0 bridgehead atoms. The molecule has 5 heteroatoms. The normalized spacial score (nSPS) is 23.7. The van der Waals surface area contributed by atoms with Crippen LogP contribution < -0.4 is 10.5 Å². The molecular formula is C14H12N2O2S. The van der Waals surface area contributed by atoms with Gasteiger partial charge in [0.1, 0.15) is 11.9 Å². The van der Waals surface area contributed by atoms with E-state index in [2.05, 4.69) is 4.99 Å². The van der Waals surface area contributed by atoms with Crippen molar-refractivity contribution in [1.29, 1.82) is 0 Å². The molecule has 1 aromatic rings. The van der Waals surface area contributed by atoms with E-state index in [0.717, 1.165) is 16.9 Å². The van der Waals surface area contributed by atoms with Gasteiger partial charge in [0, 0.05) is 5.56 Å². The third-order valence-corrected chi connectivity index (χ3v) is 3.76. The van der Waals surface area contributed by atoms with Gasteiger partial charge in [0.15, 0.2) is 5.17 Å². The number of amides is 1. The number of para-hydroxylation sites is 1. The highest BCUT2D eigenvalue weighted by molar-refractivity contribution is 8.18. The Morgan fingerprint density at radius 3 is 2.95 bits per heavy atom. The number of ether oxygens (including phenoxy) is 1. The van der Waals surface area contributed by atoms with Crippen molar-refractivity contribution >= 4 is 28.9 Å². The molecule has 0 radical (unpaired) electrons. The lowest BCUT2D eigenvalue weighted by Crippen LogP contribution is -2.18. The Hall–Kier alpha value is -2.01. The second-order valence-electron chi connectivity index (χ2n) is 4.31. The van der Waals surface area contributed by atoms with E-state index in [-0.39, 0.29) is 12.0 Å². The van der Waals surface area contributed by atoms with Gasteiger partial charge in [-0.05, 0) is 42.5 Å². The van der Waals surface area contributed by atoms with Crippen molar-refractivity contribution in [2.45, 2.75) is 13.0 Å². The number of nitrogens with two attached hydrogens (primary N) is 1. The summed E-state index contributed by atoms with van der Waals surface area (Å²) >= 11 is 1.19. The molecule has 0 aliphatic carbocycles. The molecule has 1 aromatic carbocycles. The Labute approximate surface area is 115 Å². The van der Waals surface area contributed by atoms with E-state index in [1.54, 1.807) is 6.08 Å². The number of aliphatic imine (C=N–C) groups is 1. The first-order valence-corrected chi connectivity index (χ1v) is 6.70. The van der Waals surface area contributed by atoms with E-state index in [4.69, 9.17) is 10.5 Å². The highest BCUT2D eigenvalue weighted by Gasteiger charge is 2.23. The van der Waals surface area contributed by atoms with Gasteiger partial charge in [-0.2, -0.15) is 4.99 Å². The zero-order valence-electron chi connectivity index (χ0n) is 10.3. The lowest BCUT2D eigenvalue weighted by Gasteiger charge is -2.22. The quantitative estimate of drug-likeness (QED) is 0.797. The third-order valence-electron chi connectivity index (χ3n) is 2.95. The van der Waals surface area contributed by atoms with Gasteiger partial charge in [-0.1, -0.05) is 18.2 Å². The molecule has 1 amide bonds. The lowest BCUT2D eigenvalue weighted by atomic mass is 10.0. The molecule has 2 aliphatic rings. The summed E-state index contributed by atoms with van der Waals surface area (Å²) in [5.41, 5.74) is 7.49. The Kier molecular flexibility index (Phi) is 2.91. The van der Waals surface area contributed by atoms with E-state index in [9.17, 15) is 4.79 Å². The number of fused-ring (bicyclic) bond motifs is 1. The molecule has 2 aliphatic heterocycles. The maximum atomic E-state index is 11.6. The number of hydrogen-bond acceptors (Lipinski definition) is 4. The zero-order chi connectivity index (χ0) is 13.4. The van der Waals surface area contributed by atoms with Gasteiger partial charge >= 0.3 is 0 Å². The molecule has 1 unspecified atom stereocenters. The van der Waals surface area contributed by atoms with Crippen LogP contribution >= 0.6 is 11.8 Å². The number of nitrogens with zero attached hydrogens (tertiary/aromatic N) is 1. The fourth-order valence-electron chi connectivity index (χ4n) is 2.00. The van der Waals surface area contributed by atoms with Crippen molar-refractivity contribution in [3.8, 4) is 5.75 Å². The van der Waals surface area contributed by atoms with Crippen LogP contribution in [0.5, 0.6) is 5.75 Å². The van der Waals surface area contributed by atoms with Crippen molar-refractivity contribution in [2.75, 3.05) is 0 Å². The minimum Gasteiger partial charge on any atom is -0.485 e. The fraction of sp³-hybridized carbons (Fsp3) is 0.143. The van der Waals surface area contributed by atoms with Gasteiger partial charge < -0.3 is 10.5 Å². The average molecular weight is 272 g/mol. The summed E-state index contributed by atoms with van der Waals surface area (Å²) < 4.78 is 5.81. The largest absolute Gasteiger partial charge is 0.485 e. The monoisotopic (exact) mass is 272 g/mol. The highest BCUT2D eigenvalue weighted by atomic mass is 32.2. The first-order chi connectivity index (χ1) is 9.13. The fourth-order valence-corrected chi connectivity index (χ4v) is 2.68. The highest BCUT2D eigenvalue weighted by Crippen LogP contribution is 2.32. The molecule has 1 atom stereocenters. The van der Waals surface area contributed by atoms with Crippen LogP contribution in [0.2, 0.25) is 0 Å². The van der Waals surface area contributed by atoms with Gasteiger partial charge in [-0.15, -0.1) is 0 Å². The van der Waals surface area contributed by atoms with Crippen molar-refractivity contribution in [1.82, 2.24) is 0 Å². The summed E-state index contributed by atoms with van der Waals surface area (Å²) in [5, 5.41) is 0.293. The van der Waals surface area contributed by atoms with E-state index < -0.39 is 0 Å². The van der Waals surface area contributed by atoms with Crippen LogP contribution in [-0.2, 0) is 4.79 Å². The second-order valence-corrected chi connectivity index (χ2v) is 5.37. The molecule has 0 saturated heterocycles. The minimum atomic E-state index is -0.283. The van der Waals surface area contributed by atoms with E-state index in [0.29, 0.717) is 10.1 Å². The van der Waals surface area contributed by atoms with Crippen LogP contribution in [-0.4, -0.2) is 17.2 Å². The molecule has 96 valence electrons. The summed E-state index contributed by atoms with van der Waals surface area (Å²) in [6, 6.07) is 7.81. The number of benzene rings is 1. The smallest absolute Gasteiger partial charge is 0.286 e. The molecule has 0 spiro atoms. The number of carbonyl (C=O) groups excluding carboxylic acids is 1. The standard InChI is InChI=1S/C14H12N2O2S/c1-8-10(7-12-13(17)16-14(15)19-12)6-9-4-2-3-5-11(9)18-8/h2-8H,1H3,(H2,15,16,17). The van der Waals surface area contributed by atoms with Gasteiger partial charge in [-0.3, -0.25) is 4.79 Å². The van der Waals surface area contributed by atoms with Gasteiger partial charge in [-0.25, -0.2) is 0 Å².